The van der Waals surface area contributed by atoms with Gasteiger partial charge in [0.25, 0.3) is 0 Å². The van der Waals surface area contributed by atoms with Gasteiger partial charge in [0.1, 0.15) is 0 Å². The lowest BCUT2D eigenvalue weighted by Gasteiger charge is -2.26. The summed E-state index contributed by atoms with van der Waals surface area (Å²) in [6.07, 6.45) is 3.12. The fourth-order valence-electron chi connectivity index (χ4n) is 1.48. The highest BCUT2D eigenvalue weighted by atomic mass is 15.1. The van der Waals surface area contributed by atoms with E-state index >= 15 is 0 Å². The first-order chi connectivity index (χ1) is 5.76. The largest absolute Gasteiger partial charge is 0.300 e. The Labute approximate surface area is 76.2 Å². The van der Waals surface area contributed by atoms with Gasteiger partial charge in [-0.25, -0.2) is 0 Å². The molecule has 0 aromatic heterocycles. The van der Waals surface area contributed by atoms with Crippen LogP contribution in [0.1, 0.15) is 40.0 Å². The van der Waals surface area contributed by atoms with Crippen LogP contribution in [-0.2, 0) is 0 Å². The van der Waals surface area contributed by atoms with E-state index in [9.17, 15) is 0 Å². The summed E-state index contributed by atoms with van der Waals surface area (Å²) >= 11 is 0. The van der Waals surface area contributed by atoms with Crippen LogP contribution >= 0.6 is 0 Å². The Hall–Kier alpha value is -0.550. The van der Waals surface area contributed by atoms with E-state index < -0.39 is 0 Å². The molecule has 0 aliphatic carbocycles. The van der Waals surface area contributed by atoms with Crippen LogP contribution < -0.4 is 0 Å². The van der Waals surface area contributed by atoms with E-state index in [1.54, 1.807) is 0 Å². The molecule has 0 rings (SSSR count). The number of hydrogen-bond donors (Lipinski definition) is 0. The first-order valence-corrected chi connectivity index (χ1v) is 4.87. The zero-order valence-electron chi connectivity index (χ0n) is 8.51. The van der Waals surface area contributed by atoms with Crippen molar-refractivity contribution in [1.29, 1.82) is 5.26 Å². The molecule has 0 fully saturated rings. The molecule has 0 aromatic carbocycles. The molecule has 0 spiro atoms. The van der Waals surface area contributed by atoms with Crippen LogP contribution in [-0.4, -0.2) is 24.0 Å². The van der Waals surface area contributed by atoms with Gasteiger partial charge in [-0.3, -0.25) is 4.90 Å². The lowest BCUT2D eigenvalue weighted by molar-refractivity contribution is 0.213. The van der Waals surface area contributed by atoms with Crippen molar-refractivity contribution in [3.63, 3.8) is 0 Å². The van der Waals surface area contributed by atoms with E-state index in [2.05, 4.69) is 31.7 Å². The van der Waals surface area contributed by atoms with Gasteiger partial charge in [-0.15, -0.1) is 0 Å². The van der Waals surface area contributed by atoms with Gasteiger partial charge in [0.2, 0.25) is 0 Å². The summed E-state index contributed by atoms with van der Waals surface area (Å²) in [5.74, 6) is 0. The van der Waals surface area contributed by atoms with Crippen molar-refractivity contribution in [2.75, 3.05) is 13.1 Å². The van der Waals surface area contributed by atoms with Gasteiger partial charge in [-0.2, -0.15) is 5.26 Å². The molecule has 70 valence electrons. The van der Waals surface area contributed by atoms with Crippen molar-refractivity contribution < 1.29 is 0 Å². The summed E-state index contributed by atoms with van der Waals surface area (Å²) < 4.78 is 0. The minimum Gasteiger partial charge on any atom is -0.300 e. The molecule has 0 N–H and O–H groups in total. The summed E-state index contributed by atoms with van der Waals surface area (Å²) in [5.41, 5.74) is 0. The predicted octanol–water partition coefficient (Wildman–Crippen LogP) is 2.41. The van der Waals surface area contributed by atoms with Gasteiger partial charge in [-0.1, -0.05) is 20.3 Å². The highest BCUT2D eigenvalue weighted by Crippen LogP contribution is 2.06. The molecule has 1 unspecified atom stereocenters. The summed E-state index contributed by atoms with van der Waals surface area (Å²) in [5, 5.41) is 8.45. The maximum absolute atomic E-state index is 8.45. The molecule has 0 heterocycles. The molecule has 0 saturated carbocycles. The Kier molecular flexibility index (Phi) is 6.79. The molecule has 1 atom stereocenters. The number of nitriles is 1. The average molecular weight is 168 g/mol. The number of nitrogens with zero attached hydrogens (tertiary/aromatic N) is 2. The van der Waals surface area contributed by atoms with Crippen molar-refractivity contribution in [2.24, 2.45) is 0 Å². The molecular weight excluding hydrogens is 148 g/mol. The lowest BCUT2D eigenvalue weighted by atomic mass is 10.1. The maximum Gasteiger partial charge on any atom is 0.0635 e. The molecule has 0 saturated heterocycles. The van der Waals surface area contributed by atoms with Crippen LogP contribution in [0.4, 0.5) is 0 Å². The molecule has 0 bridgehead atoms. The second kappa shape index (κ2) is 7.12. The van der Waals surface area contributed by atoms with E-state index in [1.807, 2.05) is 0 Å². The third kappa shape index (κ3) is 4.35. The summed E-state index contributed by atoms with van der Waals surface area (Å²) in [6, 6.07) is 2.82. The molecule has 0 aliphatic rings. The molecular formula is C10H20N2. The second-order valence-corrected chi connectivity index (χ2v) is 3.17. The van der Waals surface area contributed by atoms with Crippen LogP contribution in [0.25, 0.3) is 0 Å². The zero-order chi connectivity index (χ0) is 9.40. The van der Waals surface area contributed by atoms with Gasteiger partial charge in [0.05, 0.1) is 6.07 Å². The Morgan fingerprint density at radius 1 is 1.42 bits per heavy atom. The van der Waals surface area contributed by atoms with E-state index in [4.69, 9.17) is 5.26 Å². The first-order valence-electron chi connectivity index (χ1n) is 4.87. The Bertz CT molecular complexity index is 137. The highest BCUT2D eigenvalue weighted by molar-refractivity contribution is 4.74. The second-order valence-electron chi connectivity index (χ2n) is 3.17. The average Bonchev–Trinajstić information content (AvgIpc) is 2.06. The molecule has 0 amide bonds. The fourth-order valence-corrected chi connectivity index (χ4v) is 1.48. The number of rotatable bonds is 6. The van der Waals surface area contributed by atoms with Gasteiger partial charge >= 0.3 is 0 Å². The molecule has 0 radical (unpaired) electrons. The van der Waals surface area contributed by atoms with E-state index in [1.165, 1.54) is 12.8 Å². The molecule has 12 heavy (non-hydrogen) atoms. The van der Waals surface area contributed by atoms with Gasteiger partial charge in [-0.05, 0) is 19.9 Å². The highest BCUT2D eigenvalue weighted by Gasteiger charge is 2.09. The molecule has 2 nitrogen and oxygen atoms in total. The maximum atomic E-state index is 8.45. The van der Waals surface area contributed by atoms with E-state index in [0.717, 1.165) is 13.1 Å². The minimum atomic E-state index is 0.633. The standard InChI is InChI=1S/C10H20N2/c1-4-7-10(3)12(5-2)9-6-8-11/h10H,4-7,9H2,1-3H3. The van der Waals surface area contributed by atoms with E-state index in [0.29, 0.717) is 12.5 Å². The molecule has 0 aromatic rings. The molecule has 2 heteroatoms. The van der Waals surface area contributed by atoms with Crippen molar-refractivity contribution in [3.05, 3.63) is 0 Å². The third-order valence-corrected chi connectivity index (χ3v) is 2.25. The third-order valence-electron chi connectivity index (χ3n) is 2.25. The Morgan fingerprint density at radius 3 is 2.50 bits per heavy atom. The SMILES string of the molecule is CCCC(C)N(CC)CCC#N. The lowest BCUT2D eigenvalue weighted by Crippen LogP contribution is -2.33. The van der Waals surface area contributed by atoms with Gasteiger partial charge in [0.15, 0.2) is 0 Å². The number of hydrogen-bond acceptors (Lipinski definition) is 2. The normalized spacial score (nSPS) is 12.9. The minimum absolute atomic E-state index is 0.633. The van der Waals surface area contributed by atoms with Crippen LogP contribution in [0.2, 0.25) is 0 Å². The van der Waals surface area contributed by atoms with Gasteiger partial charge in [0, 0.05) is 19.0 Å². The van der Waals surface area contributed by atoms with Crippen LogP contribution in [0.5, 0.6) is 0 Å². The first kappa shape index (κ1) is 11.4. The van der Waals surface area contributed by atoms with Crippen LogP contribution in [0.15, 0.2) is 0 Å². The summed E-state index contributed by atoms with van der Waals surface area (Å²) in [6.45, 7) is 8.58. The van der Waals surface area contributed by atoms with Crippen molar-refractivity contribution in [1.82, 2.24) is 4.90 Å². The van der Waals surface area contributed by atoms with Crippen molar-refractivity contribution in [2.45, 2.75) is 46.1 Å². The van der Waals surface area contributed by atoms with Crippen LogP contribution in [0.3, 0.4) is 0 Å². The van der Waals surface area contributed by atoms with E-state index in [-0.39, 0.29) is 0 Å². The monoisotopic (exact) mass is 168 g/mol. The topological polar surface area (TPSA) is 27.0 Å². The quantitative estimate of drug-likeness (QED) is 0.609. The predicted molar refractivity (Wildman–Crippen MR) is 51.8 cm³/mol. The zero-order valence-corrected chi connectivity index (χ0v) is 8.51. The summed E-state index contributed by atoms with van der Waals surface area (Å²) in [4.78, 5) is 2.37. The van der Waals surface area contributed by atoms with Crippen molar-refractivity contribution >= 4 is 0 Å². The van der Waals surface area contributed by atoms with Crippen molar-refractivity contribution in [3.8, 4) is 6.07 Å². The smallest absolute Gasteiger partial charge is 0.0635 e. The summed E-state index contributed by atoms with van der Waals surface area (Å²) in [7, 11) is 0. The molecule has 0 aliphatic heterocycles. The van der Waals surface area contributed by atoms with Gasteiger partial charge < -0.3 is 0 Å². The Morgan fingerprint density at radius 2 is 2.08 bits per heavy atom. The Balaban J connectivity index is 3.72. The fraction of sp³-hybridized carbons (Fsp3) is 0.900. The van der Waals surface area contributed by atoms with Crippen LogP contribution in [0, 0.1) is 11.3 Å².